The third kappa shape index (κ3) is 68.5. The van der Waals surface area contributed by atoms with Crippen molar-refractivity contribution in [2.75, 3.05) is 0 Å². The second-order valence-corrected chi connectivity index (χ2v) is 0. The fourth-order valence-corrected chi connectivity index (χ4v) is 0. The van der Waals surface area contributed by atoms with Gasteiger partial charge in [-0.15, -0.1) is 0 Å². The van der Waals surface area contributed by atoms with E-state index in [0.29, 0.717) is 0 Å². The van der Waals surface area contributed by atoms with Crippen LogP contribution in [0.3, 0.4) is 0 Å². The molecular weight excluding hydrogens is 221 g/mol. The van der Waals surface area contributed by atoms with Gasteiger partial charge in [0.1, 0.15) is 0 Å². The van der Waals surface area contributed by atoms with Crippen molar-refractivity contribution in [2.45, 2.75) is 0 Å². The summed E-state index contributed by atoms with van der Waals surface area (Å²) in [6.07, 6.45) is 0. The Kier molecular flexibility index (Phi) is 959. The molecule has 32 valence electrons. The molecule has 0 aliphatic heterocycles. The predicted molar refractivity (Wildman–Crippen MR) is 2.75 cm³/mol. The van der Waals surface area contributed by atoms with Crippen LogP contribution >= 0.6 is 0 Å². The van der Waals surface area contributed by atoms with Gasteiger partial charge in [-0.2, -0.15) is 0 Å². The summed E-state index contributed by atoms with van der Waals surface area (Å²) in [5, 5.41) is 0. The van der Waals surface area contributed by atoms with E-state index in [-0.39, 0.29) is 160 Å². The van der Waals surface area contributed by atoms with E-state index in [0.717, 1.165) is 0 Å². The summed E-state index contributed by atoms with van der Waals surface area (Å²) < 4.78 is 0. The first-order chi connectivity index (χ1) is 0. The molecule has 4 nitrogen and oxygen atoms in total. The zero-order chi connectivity index (χ0) is 0. The van der Waals surface area contributed by atoms with Crippen molar-refractivity contribution in [1.29, 1.82) is 0 Å². The number of hydrogen-bond acceptors (Lipinski definition) is 0. The Morgan fingerprint density at radius 2 is 0.333 bits per heavy atom. The van der Waals surface area contributed by atoms with E-state index in [2.05, 4.69) is 0 Å². The molecule has 0 radical (unpaired) electrons. The van der Waals surface area contributed by atoms with Crippen molar-refractivity contribution in [2.24, 2.45) is 0 Å². The minimum atomic E-state index is 0. The average molecular weight is 221 g/mol. The van der Waals surface area contributed by atoms with Crippen LogP contribution in [0.25, 0.3) is 0 Å². The average Bonchev–Trinajstić information content (AvgIpc) is 0. The summed E-state index contributed by atoms with van der Waals surface area (Å²) in [5.41, 5.74) is 0. The number of rotatable bonds is 0. The molecule has 0 unspecified atom stereocenters. The van der Waals surface area contributed by atoms with Gasteiger partial charge in [-0.3, -0.25) is 0 Å². The first kappa shape index (κ1) is 105. The van der Waals surface area contributed by atoms with Crippen LogP contribution in [0, 0.1) is 0 Å². The van der Waals surface area contributed by atoms with Crippen molar-refractivity contribution in [3.63, 3.8) is 0 Å². The summed E-state index contributed by atoms with van der Waals surface area (Å²) in [6.45, 7) is 0. The molecule has 0 heterocycles. The van der Waals surface area contributed by atoms with E-state index in [9.17, 15) is 0 Å². The minimum absolute atomic E-state index is 0. The van der Waals surface area contributed by atoms with Gasteiger partial charge in [0, 0.05) is 0 Å². The van der Waals surface area contributed by atoms with E-state index in [1.165, 1.54) is 0 Å². The molecule has 0 N–H and O–H groups in total. The monoisotopic (exact) mass is 220 g/mol. The standard InChI is InChI=1S/4Na.4O.Zn/q4*+1;4*-2;+2. The molecule has 0 rings (SSSR count). The van der Waals surface area contributed by atoms with Gasteiger partial charge >= 0.3 is 138 Å². The van der Waals surface area contributed by atoms with Gasteiger partial charge in [-0.05, 0) is 0 Å². The van der Waals surface area contributed by atoms with Crippen molar-refractivity contribution >= 4 is 0 Å². The molecule has 0 bridgehead atoms. The maximum atomic E-state index is 0. The zero-order valence-corrected chi connectivity index (χ0v) is 17.3. The molecular formula is Na4O4Zn-2. The molecule has 0 aliphatic rings. The maximum Gasteiger partial charge on any atom is 2.00 e. The van der Waals surface area contributed by atoms with E-state index in [4.69, 9.17) is 0 Å². The van der Waals surface area contributed by atoms with E-state index >= 15 is 0 Å². The van der Waals surface area contributed by atoms with Crippen LogP contribution in [0.5, 0.6) is 0 Å². The van der Waals surface area contributed by atoms with Gasteiger partial charge in [0.15, 0.2) is 0 Å². The third-order valence-electron chi connectivity index (χ3n) is 0. The van der Waals surface area contributed by atoms with Crippen LogP contribution in [0.2, 0.25) is 0 Å². The molecule has 0 aliphatic carbocycles. The van der Waals surface area contributed by atoms with Crippen LogP contribution in [0.4, 0.5) is 0 Å². The van der Waals surface area contributed by atoms with Crippen molar-refractivity contribution in [3.05, 3.63) is 0 Å². The Morgan fingerprint density at radius 1 is 0.333 bits per heavy atom. The topological polar surface area (TPSA) is 114 Å². The Labute approximate surface area is 156 Å². The summed E-state index contributed by atoms with van der Waals surface area (Å²) in [4.78, 5) is 0. The van der Waals surface area contributed by atoms with Crippen molar-refractivity contribution < 1.29 is 160 Å². The SMILES string of the molecule is [Na+].[Na+].[Na+].[Na+].[O-2].[O-2].[O-2].[O-2].[Zn+2]. The largest absolute Gasteiger partial charge is 2.00 e. The van der Waals surface area contributed by atoms with E-state index in [1.807, 2.05) is 0 Å². The van der Waals surface area contributed by atoms with Gasteiger partial charge in [-0.25, -0.2) is 0 Å². The Hall–Kier alpha value is 4.46. The quantitative estimate of drug-likeness (QED) is 0.361. The zero-order valence-electron chi connectivity index (χ0n) is 6.34. The van der Waals surface area contributed by atoms with Crippen LogP contribution in [0.1, 0.15) is 0 Å². The molecule has 0 aromatic carbocycles. The Bertz CT molecular complexity index is 12.5. The summed E-state index contributed by atoms with van der Waals surface area (Å²) in [5.74, 6) is 0. The third-order valence-corrected chi connectivity index (χ3v) is 0. The van der Waals surface area contributed by atoms with Gasteiger partial charge in [0.2, 0.25) is 0 Å². The second kappa shape index (κ2) is 82.2. The second-order valence-electron chi connectivity index (χ2n) is 0. The van der Waals surface area contributed by atoms with Gasteiger partial charge < -0.3 is 21.9 Å². The molecule has 9 heteroatoms. The Morgan fingerprint density at radius 3 is 0.333 bits per heavy atom. The maximum absolute atomic E-state index is 0. The normalized spacial score (nSPS) is 0. The van der Waals surface area contributed by atoms with Crippen LogP contribution in [0.15, 0.2) is 0 Å². The van der Waals surface area contributed by atoms with Crippen molar-refractivity contribution in [3.8, 4) is 0 Å². The first-order valence-corrected chi connectivity index (χ1v) is 0. The molecule has 9 heavy (non-hydrogen) atoms. The van der Waals surface area contributed by atoms with Gasteiger partial charge in [-0.1, -0.05) is 0 Å². The summed E-state index contributed by atoms with van der Waals surface area (Å²) in [6, 6.07) is 0. The molecule has 0 saturated heterocycles. The molecule has 0 aromatic heterocycles. The summed E-state index contributed by atoms with van der Waals surface area (Å²) >= 11 is 0. The molecule has 0 spiro atoms. The van der Waals surface area contributed by atoms with Crippen LogP contribution in [-0.4, -0.2) is 0 Å². The molecule has 0 fully saturated rings. The number of hydrogen-bond donors (Lipinski definition) is 0. The van der Waals surface area contributed by atoms with E-state index < -0.39 is 0 Å². The predicted octanol–water partition coefficient (Wildman–Crippen LogP) is -12.5. The fraction of sp³-hybridized carbons (Fsp3) is 0. The van der Waals surface area contributed by atoms with E-state index in [1.54, 1.807) is 0 Å². The van der Waals surface area contributed by atoms with Crippen molar-refractivity contribution in [1.82, 2.24) is 0 Å². The molecule has 0 saturated carbocycles. The van der Waals surface area contributed by atoms with Gasteiger partial charge in [0.05, 0.1) is 0 Å². The van der Waals surface area contributed by atoms with Crippen LogP contribution < -0.4 is 118 Å². The Balaban J connectivity index is 0. The first-order valence-electron chi connectivity index (χ1n) is 0. The van der Waals surface area contributed by atoms with Crippen LogP contribution in [-0.2, 0) is 41.4 Å². The molecule has 0 aromatic rings. The molecule has 0 amide bonds. The summed E-state index contributed by atoms with van der Waals surface area (Å²) in [7, 11) is 0. The van der Waals surface area contributed by atoms with Gasteiger partial charge in [0.25, 0.3) is 0 Å². The minimum Gasteiger partial charge on any atom is -2.00 e. The fourth-order valence-electron chi connectivity index (χ4n) is 0. The molecule has 0 atom stereocenters. The smallest absolute Gasteiger partial charge is 2.00 e.